The Bertz CT molecular complexity index is 597. The van der Waals surface area contributed by atoms with Crippen LogP contribution in [0.15, 0.2) is 60.7 Å². The summed E-state index contributed by atoms with van der Waals surface area (Å²) in [4.78, 5) is 4.90. The van der Waals surface area contributed by atoms with Gasteiger partial charge in [-0.15, -0.1) is 24.8 Å². The predicted octanol–water partition coefficient (Wildman–Crippen LogP) is 4.25. The van der Waals surface area contributed by atoms with Crippen LogP contribution in [0.5, 0.6) is 0 Å². The van der Waals surface area contributed by atoms with Gasteiger partial charge in [-0.05, 0) is 24.6 Å². The Morgan fingerprint density at radius 3 is 2.23 bits per heavy atom. The number of rotatable bonds is 7. The molecule has 1 unspecified atom stereocenters. The van der Waals surface area contributed by atoms with Crippen molar-refractivity contribution in [3.63, 3.8) is 0 Å². The van der Waals surface area contributed by atoms with Crippen molar-refractivity contribution < 1.29 is 4.74 Å². The molecule has 0 aromatic heterocycles. The number of nitrogens with zero attached hydrogens (tertiary/aromatic N) is 2. The second kappa shape index (κ2) is 12.3. The monoisotopic (exact) mass is 396 g/mol. The lowest BCUT2D eigenvalue weighted by atomic mass is 10.1. The number of halogens is 2. The van der Waals surface area contributed by atoms with Crippen molar-refractivity contribution in [2.75, 3.05) is 33.3 Å². The first kappa shape index (κ1) is 22.9. The average Bonchev–Trinajstić information content (AvgIpc) is 2.62. The maximum Gasteiger partial charge on any atom is 0.0714 e. The lowest BCUT2D eigenvalue weighted by Gasteiger charge is -2.33. The molecular weight excluding hydrogens is 367 g/mol. The molecule has 2 aromatic rings. The van der Waals surface area contributed by atoms with Gasteiger partial charge in [0.2, 0.25) is 0 Å². The van der Waals surface area contributed by atoms with E-state index in [2.05, 4.69) is 77.5 Å². The number of ether oxygens (including phenoxy) is 1. The van der Waals surface area contributed by atoms with Gasteiger partial charge in [0, 0.05) is 32.7 Å². The molecular formula is C21H30Cl2N2O. The fourth-order valence-electron chi connectivity index (χ4n) is 3.28. The van der Waals surface area contributed by atoms with Crippen molar-refractivity contribution in [3.8, 4) is 0 Å². The lowest BCUT2D eigenvalue weighted by molar-refractivity contribution is -0.0378. The Hall–Kier alpha value is -1.10. The number of morpholine rings is 1. The van der Waals surface area contributed by atoms with E-state index in [1.165, 1.54) is 11.1 Å². The molecule has 1 saturated heterocycles. The van der Waals surface area contributed by atoms with Gasteiger partial charge in [0.1, 0.15) is 0 Å². The third-order valence-corrected chi connectivity index (χ3v) is 4.60. The molecule has 0 spiro atoms. The van der Waals surface area contributed by atoms with Crippen LogP contribution in [0.1, 0.15) is 17.5 Å². The van der Waals surface area contributed by atoms with E-state index in [-0.39, 0.29) is 24.8 Å². The second-order valence-electron chi connectivity index (χ2n) is 6.73. The van der Waals surface area contributed by atoms with Crippen LogP contribution in [0, 0.1) is 0 Å². The Kier molecular flexibility index (Phi) is 10.9. The zero-order valence-corrected chi connectivity index (χ0v) is 17.1. The summed E-state index contributed by atoms with van der Waals surface area (Å²) < 4.78 is 5.98. The Morgan fingerprint density at radius 2 is 1.58 bits per heavy atom. The first-order chi connectivity index (χ1) is 11.8. The van der Waals surface area contributed by atoms with E-state index < -0.39 is 0 Å². The maximum atomic E-state index is 5.98. The Balaban J connectivity index is 0.00000169. The molecule has 3 nitrogen and oxygen atoms in total. The molecule has 0 amide bonds. The Labute approximate surface area is 170 Å². The first-order valence-corrected chi connectivity index (χ1v) is 8.90. The van der Waals surface area contributed by atoms with Crippen molar-refractivity contribution in [3.05, 3.63) is 71.8 Å². The summed E-state index contributed by atoms with van der Waals surface area (Å²) in [6.45, 7) is 6.01. The summed E-state index contributed by atoms with van der Waals surface area (Å²) >= 11 is 0. The molecule has 1 aliphatic rings. The third-order valence-electron chi connectivity index (χ3n) is 4.60. The third kappa shape index (κ3) is 7.65. The fraction of sp³-hybridized carbons (Fsp3) is 0.429. The van der Waals surface area contributed by atoms with Crippen molar-refractivity contribution in [2.45, 2.75) is 25.6 Å². The fourth-order valence-corrected chi connectivity index (χ4v) is 3.28. The van der Waals surface area contributed by atoms with Crippen molar-refractivity contribution in [2.24, 2.45) is 0 Å². The van der Waals surface area contributed by atoms with Gasteiger partial charge in [0.15, 0.2) is 0 Å². The SMILES string of the molecule is CN(CCC1CN(Cc2ccccc2)CCO1)Cc1ccccc1.Cl.Cl. The summed E-state index contributed by atoms with van der Waals surface area (Å²) in [7, 11) is 2.19. The Morgan fingerprint density at radius 1 is 0.962 bits per heavy atom. The summed E-state index contributed by atoms with van der Waals surface area (Å²) in [6, 6.07) is 21.4. The van der Waals surface area contributed by atoms with Crippen LogP contribution in [0.2, 0.25) is 0 Å². The molecule has 26 heavy (non-hydrogen) atoms. The highest BCUT2D eigenvalue weighted by Gasteiger charge is 2.20. The van der Waals surface area contributed by atoms with Crippen molar-refractivity contribution in [1.82, 2.24) is 9.80 Å². The molecule has 0 radical (unpaired) electrons. The molecule has 3 rings (SSSR count). The summed E-state index contributed by atoms with van der Waals surface area (Å²) in [5.74, 6) is 0. The topological polar surface area (TPSA) is 15.7 Å². The largest absolute Gasteiger partial charge is 0.376 e. The quantitative estimate of drug-likeness (QED) is 0.695. The second-order valence-corrected chi connectivity index (χ2v) is 6.73. The highest BCUT2D eigenvalue weighted by Crippen LogP contribution is 2.13. The van der Waals surface area contributed by atoms with Crippen LogP contribution < -0.4 is 0 Å². The molecule has 2 aromatic carbocycles. The number of hydrogen-bond acceptors (Lipinski definition) is 3. The molecule has 0 saturated carbocycles. The summed E-state index contributed by atoms with van der Waals surface area (Å²) in [6.07, 6.45) is 1.44. The van der Waals surface area contributed by atoms with Gasteiger partial charge in [0.25, 0.3) is 0 Å². The predicted molar refractivity (Wildman–Crippen MR) is 113 cm³/mol. The average molecular weight is 397 g/mol. The molecule has 144 valence electrons. The van der Waals surface area contributed by atoms with E-state index >= 15 is 0 Å². The summed E-state index contributed by atoms with van der Waals surface area (Å²) in [5, 5.41) is 0. The van der Waals surface area contributed by atoms with Gasteiger partial charge in [0.05, 0.1) is 12.7 Å². The van der Waals surface area contributed by atoms with Crippen molar-refractivity contribution in [1.29, 1.82) is 0 Å². The smallest absolute Gasteiger partial charge is 0.0714 e. The number of benzene rings is 2. The van der Waals surface area contributed by atoms with E-state index in [0.29, 0.717) is 6.10 Å². The van der Waals surface area contributed by atoms with Gasteiger partial charge in [-0.3, -0.25) is 4.90 Å². The number of hydrogen-bond donors (Lipinski definition) is 0. The highest BCUT2D eigenvalue weighted by atomic mass is 35.5. The van der Waals surface area contributed by atoms with Gasteiger partial charge < -0.3 is 9.64 Å². The van der Waals surface area contributed by atoms with E-state index in [0.717, 1.165) is 45.8 Å². The minimum atomic E-state index is 0. The molecule has 0 N–H and O–H groups in total. The maximum absolute atomic E-state index is 5.98. The van der Waals surface area contributed by atoms with Gasteiger partial charge in [-0.2, -0.15) is 0 Å². The zero-order valence-electron chi connectivity index (χ0n) is 15.4. The molecule has 1 atom stereocenters. The standard InChI is InChI=1S/C21H28N2O.2ClH/c1-22(16-19-8-4-2-5-9-19)13-12-21-18-23(14-15-24-21)17-20-10-6-3-7-11-20;;/h2-11,21H,12-18H2,1H3;2*1H. The van der Waals surface area contributed by atoms with E-state index in [1.54, 1.807) is 0 Å². The van der Waals surface area contributed by atoms with Crippen LogP contribution in [-0.2, 0) is 17.8 Å². The van der Waals surface area contributed by atoms with Crippen molar-refractivity contribution >= 4 is 24.8 Å². The molecule has 5 heteroatoms. The van der Waals surface area contributed by atoms with Gasteiger partial charge in [-0.1, -0.05) is 60.7 Å². The van der Waals surface area contributed by atoms with Crippen LogP contribution in [0.3, 0.4) is 0 Å². The van der Waals surface area contributed by atoms with Gasteiger partial charge >= 0.3 is 0 Å². The minimum absolute atomic E-state index is 0. The minimum Gasteiger partial charge on any atom is -0.376 e. The van der Waals surface area contributed by atoms with Crippen LogP contribution in [0.4, 0.5) is 0 Å². The van der Waals surface area contributed by atoms with E-state index in [1.807, 2.05) is 0 Å². The molecule has 1 heterocycles. The lowest BCUT2D eigenvalue weighted by Crippen LogP contribution is -2.43. The summed E-state index contributed by atoms with van der Waals surface area (Å²) in [5.41, 5.74) is 2.76. The molecule has 0 aliphatic carbocycles. The zero-order chi connectivity index (χ0) is 16.6. The normalized spacial score (nSPS) is 17.4. The van der Waals surface area contributed by atoms with Gasteiger partial charge in [-0.25, -0.2) is 0 Å². The van der Waals surface area contributed by atoms with Crippen LogP contribution in [0.25, 0.3) is 0 Å². The van der Waals surface area contributed by atoms with Crippen LogP contribution in [-0.4, -0.2) is 49.2 Å². The molecule has 1 aliphatic heterocycles. The first-order valence-electron chi connectivity index (χ1n) is 8.90. The molecule has 1 fully saturated rings. The van der Waals surface area contributed by atoms with E-state index in [9.17, 15) is 0 Å². The van der Waals surface area contributed by atoms with E-state index in [4.69, 9.17) is 4.74 Å². The highest BCUT2D eigenvalue weighted by molar-refractivity contribution is 5.85. The molecule has 0 bridgehead atoms. The van der Waals surface area contributed by atoms with Crippen LogP contribution >= 0.6 is 24.8 Å².